The van der Waals surface area contributed by atoms with Crippen molar-refractivity contribution in [2.75, 3.05) is 36.8 Å². The van der Waals surface area contributed by atoms with Crippen LogP contribution in [-0.2, 0) is 4.79 Å². The molecule has 27 heavy (non-hydrogen) atoms. The summed E-state index contributed by atoms with van der Waals surface area (Å²) in [6.45, 7) is 5.38. The Kier molecular flexibility index (Phi) is 4.36. The molecule has 5 nitrogen and oxygen atoms in total. The number of carbonyl (C=O) groups is 1. The topological polar surface area (TPSA) is 47.9 Å². The highest BCUT2D eigenvalue weighted by Crippen LogP contribution is 2.45. The molecule has 2 aromatic rings. The number of amides is 1. The lowest BCUT2D eigenvalue weighted by Crippen LogP contribution is -2.51. The molecule has 5 rings (SSSR count). The van der Waals surface area contributed by atoms with E-state index in [1.54, 1.807) is 11.3 Å². The van der Waals surface area contributed by atoms with E-state index in [2.05, 4.69) is 58.1 Å². The predicted molar refractivity (Wildman–Crippen MR) is 112 cm³/mol. The third-order valence-corrected chi connectivity index (χ3v) is 8.10. The van der Waals surface area contributed by atoms with E-state index in [0.717, 1.165) is 31.9 Å². The van der Waals surface area contributed by atoms with Gasteiger partial charge < -0.3 is 15.2 Å². The van der Waals surface area contributed by atoms with E-state index in [9.17, 15) is 4.79 Å². The van der Waals surface area contributed by atoms with Crippen LogP contribution in [0.5, 0.6) is 0 Å². The smallest absolute Gasteiger partial charge is 0.270 e. The van der Waals surface area contributed by atoms with Crippen molar-refractivity contribution in [3.8, 4) is 0 Å². The number of anilines is 1. The van der Waals surface area contributed by atoms with Crippen molar-refractivity contribution in [2.45, 2.75) is 17.2 Å². The average Bonchev–Trinajstić information content (AvgIpc) is 3.34. The molecule has 3 aliphatic heterocycles. The van der Waals surface area contributed by atoms with Gasteiger partial charge in [0.15, 0.2) is 0 Å². The van der Waals surface area contributed by atoms with Crippen molar-refractivity contribution in [1.82, 2.24) is 10.3 Å². The van der Waals surface area contributed by atoms with Gasteiger partial charge in [0.05, 0.1) is 10.3 Å². The Labute approximate surface area is 167 Å². The van der Waals surface area contributed by atoms with Gasteiger partial charge in [0, 0.05) is 49.1 Å². The first kappa shape index (κ1) is 17.1. The second kappa shape index (κ2) is 6.87. The van der Waals surface area contributed by atoms with Crippen LogP contribution in [-0.4, -0.2) is 48.5 Å². The lowest BCUT2D eigenvalue weighted by atomic mass is 9.92. The minimum absolute atomic E-state index is 0.110. The number of nitrogens with one attached hydrogen (secondary N) is 1. The molecule has 140 valence electrons. The molecule has 0 bridgehead atoms. The molecular formula is C20H22N4OS2. The molecule has 1 aromatic heterocycles. The minimum Gasteiger partial charge on any atom is -0.368 e. The number of hydrogen-bond acceptors (Lipinski definition) is 6. The van der Waals surface area contributed by atoms with Gasteiger partial charge in [-0.2, -0.15) is 5.10 Å². The number of carbonyl (C=O) groups excluding carboxylic acids is 1. The lowest BCUT2D eigenvalue weighted by molar-refractivity contribution is -0.124. The van der Waals surface area contributed by atoms with E-state index >= 15 is 0 Å². The Morgan fingerprint density at radius 3 is 2.81 bits per heavy atom. The predicted octanol–water partition coefficient (Wildman–Crippen LogP) is 3.13. The third kappa shape index (κ3) is 2.93. The fourth-order valence-corrected chi connectivity index (χ4v) is 6.54. The molecule has 1 fully saturated rings. The molecule has 4 heterocycles. The van der Waals surface area contributed by atoms with Gasteiger partial charge in [0.2, 0.25) is 0 Å². The molecule has 2 atom stereocenters. The van der Waals surface area contributed by atoms with Crippen LogP contribution in [0.25, 0.3) is 0 Å². The highest BCUT2D eigenvalue weighted by Gasteiger charge is 2.42. The van der Waals surface area contributed by atoms with Gasteiger partial charge in [-0.25, -0.2) is 0 Å². The number of piperazine rings is 1. The molecule has 7 heteroatoms. The average molecular weight is 399 g/mol. The number of benzene rings is 1. The molecule has 0 radical (unpaired) electrons. The van der Waals surface area contributed by atoms with E-state index in [-0.39, 0.29) is 17.9 Å². The zero-order chi connectivity index (χ0) is 18.4. The fraction of sp³-hybridized carbons (Fsp3) is 0.400. The van der Waals surface area contributed by atoms with Crippen molar-refractivity contribution < 1.29 is 4.79 Å². The van der Waals surface area contributed by atoms with E-state index in [1.807, 2.05) is 16.7 Å². The number of hydrazone groups is 1. The first-order valence-corrected chi connectivity index (χ1v) is 11.2. The summed E-state index contributed by atoms with van der Waals surface area (Å²) >= 11 is 3.64. The van der Waals surface area contributed by atoms with Crippen LogP contribution < -0.4 is 10.3 Å². The minimum atomic E-state index is 0.110. The molecule has 0 spiro atoms. The summed E-state index contributed by atoms with van der Waals surface area (Å²) in [5.74, 6) is 1.22. The van der Waals surface area contributed by atoms with Gasteiger partial charge >= 0.3 is 0 Å². The maximum atomic E-state index is 13.1. The molecule has 1 aromatic carbocycles. The summed E-state index contributed by atoms with van der Waals surface area (Å²) in [5, 5.41) is 6.61. The van der Waals surface area contributed by atoms with E-state index in [4.69, 9.17) is 0 Å². The van der Waals surface area contributed by atoms with Crippen LogP contribution in [0.2, 0.25) is 0 Å². The third-order valence-electron chi connectivity index (χ3n) is 5.71. The number of hydrogen-bond donors (Lipinski definition) is 1. The Hall–Kier alpha value is -1.99. The Bertz CT molecular complexity index is 901. The number of para-hydroxylation sites is 1. The van der Waals surface area contributed by atoms with Gasteiger partial charge in [-0.05, 0) is 30.0 Å². The fourth-order valence-electron chi connectivity index (χ4n) is 4.19. The maximum Gasteiger partial charge on any atom is 0.270 e. The highest BCUT2D eigenvalue weighted by molar-refractivity contribution is 8.01. The zero-order valence-electron chi connectivity index (χ0n) is 15.2. The molecule has 0 saturated carbocycles. The first-order valence-electron chi connectivity index (χ1n) is 9.35. The van der Waals surface area contributed by atoms with Crippen LogP contribution >= 0.6 is 23.1 Å². The van der Waals surface area contributed by atoms with Crippen molar-refractivity contribution in [3.63, 3.8) is 0 Å². The summed E-state index contributed by atoms with van der Waals surface area (Å²) in [5.41, 5.74) is 7.82. The molecule has 0 aliphatic carbocycles. The number of thiophene rings is 1. The van der Waals surface area contributed by atoms with Crippen LogP contribution in [0.15, 0.2) is 45.0 Å². The van der Waals surface area contributed by atoms with Crippen molar-refractivity contribution >= 4 is 40.4 Å². The molecule has 2 unspecified atom stereocenters. The Morgan fingerprint density at radius 1 is 1.19 bits per heavy atom. The van der Waals surface area contributed by atoms with Gasteiger partial charge in [-0.3, -0.25) is 4.79 Å². The van der Waals surface area contributed by atoms with Crippen molar-refractivity contribution in [3.05, 3.63) is 46.8 Å². The van der Waals surface area contributed by atoms with Crippen molar-refractivity contribution in [2.24, 2.45) is 11.0 Å². The largest absolute Gasteiger partial charge is 0.368 e. The number of thioether (sulfide) groups is 1. The number of nitrogens with zero attached hydrogens (tertiary/aromatic N) is 3. The number of fused-ring (bicyclic) bond motifs is 3. The van der Waals surface area contributed by atoms with E-state index in [1.165, 1.54) is 21.0 Å². The second-order valence-corrected chi connectivity index (χ2v) is 9.46. The SMILES string of the molecule is Cc1ccccc1N1CCN(C(=O)C2=NNC3c4ccsc4SCC23)CC1. The van der Waals surface area contributed by atoms with Crippen molar-refractivity contribution in [1.29, 1.82) is 0 Å². The van der Waals surface area contributed by atoms with Crippen LogP contribution in [0.4, 0.5) is 5.69 Å². The molecule has 3 aliphatic rings. The van der Waals surface area contributed by atoms with Gasteiger partial charge in [-0.1, -0.05) is 18.2 Å². The number of rotatable bonds is 2. The first-order chi connectivity index (χ1) is 13.2. The standard InChI is InChI=1S/C20H22N4OS2/c1-13-4-2-3-5-16(13)23-7-9-24(10-8-23)19(25)18-15-12-27-20-14(6-11-26-20)17(15)21-22-18/h2-6,11,15,17,21H,7-10,12H2,1H3. The van der Waals surface area contributed by atoms with Crippen LogP contribution in [0.1, 0.15) is 17.2 Å². The number of aryl methyl sites for hydroxylation is 1. The Balaban J connectivity index is 1.26. The van der Waals surface area contributed by atoms with Crippen LogP contribution in [0.3, 0.4) is 0 Å². The normalized spacial score (nSPS) is 24.1. The van der Waals surface area contributed by atoms with E-state index in [0.29, 0.717) is 5.71 Å². The highest BCUT2D eigenvalue weighted by atomic mass is 32.2. The molecule has 1 saturated heterocycles. The zero-order valence-corrected chi connectivity index (χ0v) is 16.9. The summed E-state index contributed by atoms with van der Waals surface area (Å²) in [6.07, 6.45) is 0. The van der Waals surface area contributed by atoms with Gasteiger partial charge in [0.25, 0.3) is 5.91 Å². The monoisotopic (exact) mass is 398 g/mol. The lowest BCUT2D eigenvalue weighted by Gasteiger charge is -2.37. The van der Waals surface area contributed by atoms with Gasteiger partial charge in [-0.15, -0.1) is 23.1 Å². The molecule has 1 N–H and O–H groups in total. The summed E-state index contributed by atoms with van der Waals surface area (Å²) in [4.78, 5) is 17.5. The van der Waals surface area contributed by atoms with Crippen LogP contribution in [0, 0.1) is 12.8 Å². The van der Waals surface area contributed by atoms with E-state index < -0.39 is 0 Å². The second-order valence-electron chi connectivity index (χ2n) is 7.25. The summed E-state index contributed by atoms with van der Waals surface area (Å²) in [7, 11) is 0. The summed E-state index contributed by atoms with van der Waals surface area (Å²) in [6, 6.07) is 10.8. The van der Waals surface area contributed by atoms with Gasteiger partial charge in [0.1, 0.15) is 5.71 Å². The molecular weight excluding hydrogens is 376 g/mol. The molecule has 1 amide bonds. The summed E-state index contributed by atoms with van der Waals surface area (Å²) < 4.78 is 1.36. The maximum absolute atomic E-state index is 13.1. The Morgan fingerprint density at radius 2 is 2.00 bits per heavy atom. The quantitative estimate of drug-likeness (QED) is 0.844.